The zero-order valence-electron chi connectivity index (χ0n) is 12.2. The summed E-state index contributed by atoms with van der Waals surface area (Å²) in [5.74, 6) is -2.75. The van der Waals surface area contributed by atoms with Crippen LogP contribution >= 0.6 is 0 Å². The van der Waals surface area contributed by atoms with Gasteiger partial charge in [-0.05, 0) is 24.6 Å². The molecule has 1 aromatic carbocycles. The number of halogens is 2. The molecular weight excluding hydrogens is 294 g/mol. The van der Waals surface area contributed by atoms with Gasteiger partial charge < -0.3 is 15.2 Å². The van der Waals surface area contributed by atoms with E-state index in [9.17, 15) is 13.6 Å². The lowest BCUT2D eigenvalue weighted by Crippen LogP contribution is -2.12. The summed E-state index contributed by atoms with van der Waals surface area (Å²) < 4.78 is 37.9. The summed E-state index contributed by atoms with van der Waals surface area (Å²) in [5, 5.41) is 0. The molecule has 0 aliphatic rings. The number of aromatic nitrogens is 1. The van der Waals surface area contributed by atoms with Crippen molar-refractivity contribution in [2.24, 2.45) is 0 Å². The number of aryl methyl sites for hydroxylation is 1. The highest BCUT2D eigenvalue weighted by atomic mass is 19.1. The van der Waals surface area contributed by atoms with Crippen molar-refractivity contribution in [2.75, 3.05) is 20.0 Å². The van der Waals surface area contributed by atoms with Crippen LogP contribution < -0.4 is 10.5 Å². The van der Waals surface area contributed by atoms with Crippen molar-refractivity contribution in [1.82, 2.24) is 4.98 Å². The third-order valence-corrected chi connectivity index (χ3v) is 3.09. The summed E-state index contributed by atoms with van der Waals surface area (Å²) in [6.45, 7) is 1.69. The number of pyridine rings is 1. The average molecular weight is 308 g/mol. The number of ether oxygens (including phenoxy) is 2. The fraction of sp³-hybridized carbons (Fsp3) is 0.200. The van der Waals surface area contributed by atoms with E-state index in [4.69, 9.17) is 10.5 Å². The number of carbonyl (C=O) groups is 1. The minimum atomic E-state index is -0.966. The van der Waals surface area contributed by atoms with Crippen LogP contribution in [0.1, 0.15) is 16.1 Å². The summed E-state index contributed by atoms with van der Waals surface area (Å²) >= 11 is 0. The minimum absolute atomic E-state index is 0.109. The second-order valence-corrected chi connectivity index (χ2v) is 4.54. The number of methoxy groups -OCH3 is 2. The first-order valence-electron chi connectivity index (χ1n) is 6.28. The highest BCUT2D eigenvalue weighted by molar-refractivity contribution is 5.93. The number of nitrogens with zero attached hydrogens (tertiary/aromatic N) is 1. The Hall–Kier alpha value is -2.70. The van der Waals surface area contributed by atoms with E-state index in [1.54, 1.807) is 13.0 Å². The maximum atomic E-state index is 14.4. The number of nitrogens with two attached hydrogens (primary N) is 1. The van der Waals surface area contributed by atoms with Crippen LogP contribution in [0, 0.1) is 18.6 Å². The maximum absolute atomic E-state index is 14.4. The first-order chi connectivity index (χ1) is 10.4. The van der Waals surface area contributed by atoms with Crippen molar-refractivity contribution in [2.45, 2.75) is 6.92 Å². The summed E-state index contributed by atoms with van der Waals surface area (Å²) in [5.41, 5.74) is 5.05. The Kier molecular flexibility index (Phi) is 4.25. The molecule has 2 aromatic rings. The van der Waals surface area contributed by atoms with Gasteiger partial charge in [-0.1, -0.05) is 6.07 Å². The Labute approximate surface area is 125 Å². The van der Waals surface area contributed by atoms with Crippen LogP contribution in [0.2, 0.25) is 0 Å². The first-order valence-corrected chi connectivity index (χ1v) is 6.28. The molecule has 1 aromatic heterocycles. The van der Waals surface area contributed by atoms with Crippen LogP contribution in [0.3, 0.4) is 0 Å². The molecule has 0 amide bonds. The molecule has 1 heterocycles. The van der Waals surface area contributed by atoms with Crippen molar-refractivity contribution < 1.29 is 23.0 Å². The molecule has 0 unspecified atom stereocenters. The molecule has 0 atom stereocenters. The topological polar surface area (TPSA) is 74.4 Å². The smallest absolute Gasteiger partial charge is 0.360 e. The van der Waals surface area contributed by atoms with Gasteiger partial charge in [0.2, 0.25) is 0 Å². The third kappa shape index (κ3) is 2.57. The predicted octanol–water partition coefficient (Wildman–Crippen LogP) is 2.71. The van der Waals surface area contributed by atoms with Gasteiger partial charge in [-0.25, -0.2) is 18.6 Å². The van der Waals surface area contributed by atoms with Crippen LogP contribution in [0.15, 0.2) is 18.2 Å². The molecule has 5 nitrogen and oxygen atoms in total. The van der Waals surface area contributed by atoms with Gasteiger partial charge >= 0.3 is 5.97 Å². The molecule has 0 fully saturated rings. The minimum Gasteiger partial charge on any atom is -0.492 e. The average Bonchev–Trinajstić information content (AvgIpc) is 2.49. The SMILES string of the molecule is COC(=O)c1nc(-c2ccc(C)cc2F)c(F)c(N)c1OC. The van der Waals surface area contributed by atoms with E-state index in [2.05, 4.69) is 9.72 Å². The lowest BCUT2D eigenvalue weighted by Gasteiger charge is -2.13. The lowest BCUT2D eigenvalue weighted by molar-refractivity contribution is 0.0590. The second kappa shape index (κ2) is 5.97. The van der Waals surface area contributed by atoms with Crippen LogP contribution in [0.4, 0.5) is 14.5 Å². The van der Waals surface area contributed by atoms with Gasteiger partial charge in [-0.2, -0.15) is 0 Å². The maximum Gasteiger partial charge on any atom is 0.360 e. The molecule has 0 bridgehead atoms. The molecule has 2 N–H and O–H groups in total. The molecule has 22 heavy (non-hydrogen) atoms. The van der Waals surface area contributed by atoms with Crippen LogP contribution in [0.5, 0.6) is 5.75 Å². The van der Waals surface area contributed by atoms with Gasteiger partial charge in [-0.15, -0.1) is 0 Å². The van der Waals surface area contributed by atoms with Gasteiger partial charge in [0, 0.05) is 5.56 Å². The second-order valence-electron chi connectivity index (χ2n) is 4.54. The zero-order valence-corrected chi connectivity index (χ0v) is 12.2. The molecule has 2 rings (SSSR count). The Bertz CT molecular complexity index is 748. The van der Waals surface area contributed by atoms with E-state index in [0.717, 1.165) is 7.11 Å². The number of hydrogen-bond donors (Lipinski definition) is 1. The fourth-order valence-corrected chi connectivity index (χ4v) is 2.00. The van der Waals surface area contributed by atoms with Gasteiger partial charge in [0.1, 0.15) is 17.2 Å². The number of hydrogen-bond acceptors (Lipinski definition) is 5. The Balaban J connectivity index is 2.76. The molecule has 116 valence electrons. The van der Waals surface area contributed by atoms with Crippen molar-refractivity contribution in [3.63, 3.8) is 0 Å². The molecule has 0 radical (unpaired) electrons. The highest BCUT2D eigenvalue weighted by Crippen LogP contribution is 2.35. The number of nitrogen functional groups attached to an aromatic ring is 1. The summed E-state index contributed by atoms with van der Waals surface area (Å²) in [6, 6.07) is 4.19. The first kappa shape index (κ1) is 15.7. The largest absolute Gasteiger partial charge is 0.492 e. The Morgan fingerprint density at radius 1 is 1.27 bits per heavy atom. The van der Waals surface area contributed by atoms with Crippen molar-refractivity contribution in [1.29, 1.82) is 0 Å². The predicted molar refractivity (Wildman–Crippen MR) is 76.6 cm³/mol. The Morgan fingerprint density at radius 2 is 1.95 bits per heavy atom. The van der Waals surface area contributed by atoms with E-state index < -0.39 is 23.3 Å². The molecule has 0 saturated heterocycles. The molecule has 0 aliphatic heterocycles. The highest BCUT2D eigenvalue weighted by Gasteiger charge is 2.25. The number of esters is 1. The molecule has 7 heteroatoms. The zero-order chi connectivity index (χ0) is 16.4. The third-order valence-electron chi connectivity index (χ3n) is 3.09. The molecule has 0 aliphatic carbocycles. The normalized spacial score (nSPS) is 10.4. The molecular formula is C15H14F2N2O3. The standard InChI is InChI=1S/C15H14F2N2O3/c1-7-4-5-8(9(16)6-7)12-10(17)11(18)14(21-2)13(19-12)15(20)22-3/h4-6H,1-3H3,(H2,18,19). The van der Waals surface area contributed by atoms with E-state index in [-0.39, 0.29) is 22.7 Å². The molecule has 0 saturated carbocycles. The van der Waals surface area contributed by atoms with Crippen LogP contribution in [-0.4, -0.2) is 25.2 Å². The van der Waals surface area contributed by atoms with Crippen molar-refractivity contribution >= 4 is 11.7 Å². The van der Waals surface area contributed by atoms with Crippen LogP contribution in [-0.2, 0) is 4.74 Å². The van der Waals surface area contributed by atoms with Gasteiger partial charge in [0.15, 0.2) is 17.3 Å². The summed E-state index contributed by atoms with van der Waals surface area (Å²) in [7, 11) is 2.35. The quantitative estimate of drug-likeness (QED) is 0.882. The van der Waals surface area contributed by atoms with Gasteiger partial charge in [-0.3, -0.25) is 0 Å². The van der Waals surface area contributed by atoms with Crippen LogP contribution in [0.25, 0.3) is 11.3 Å². The number of rotatable bonds is 3. The van der Waals surface area contributed by atoms with E-state index >= 15 is 0 Å². The summed E-state index contributed by atoms with van der Waals surface area (Å²) in [6.07, 6.45) is 0. The lowest BCUT2D eigenvalue weighted by atomic mass is 10.1. The van der Waals surface area contributed by atoms with E-state index in [1.807, 2.05) is 0 Å². The summed E-state index contributed by atoms with van der Waals surface area (Å²) in [4.78, 5) is 15.6. The monoisotopic (exact) mass is 308 g/mol. The molecule has 0 spiro atoms. The van der Waals surface area contributed by atoms with Crippen molar-refractivity contribution in [3.05, 3.63) is 41.1 Å². The number of carbonyl (C=O) groups excluding carboxylic acids is 1. The van der Waals surface area contributed by atoms with Crippen molar-refractivity contribution in [3.8, 4) is 17.0 Å². The van der Waals surface area contributed by atoms with Gasteiger partial charge in [0.25, 0.3) is 0 Å². The fourth-order valence-electron chi connectivity index (χ4n) is 2.00. The Morgan fingerprint density at radius 3 is 2.50 bits per heavy atom. The van der Waals surface area contributed by atoms with Gasteiger partial charge in [0.05, 0.1) is 14.2 Å². The number of anilines is 1. The van der Waals surface area contributed by atoms with E-state index in [0.29, 0.717) is 5.56 Å². The van der Waals surface area contributed by atoms with E-state index in [1.165, 1.54) is 19.2 Å². The number of benzene rings is 1.